The quantitative estimate of drug-likeness (QED) is 0.185. The third kappa shape index (κ3) is 3.40. The average Bonchev–Trinajstić information content (AvgIpc) is 2.76. The predicted octanol–water partition coefficient (Wildman–Crippen LogP) is 8.30. The highest BCUT2D eigenvalue weighted by Gasteiger charge is 2.22. The lowest BCUT2D eigenvalue weighted by molar-refractivity contribution is 0.509. The van der Waals surface area contributed by atoms with Crippen LogP contribution >= 0.6 is 0 Å². The van der Waals surface area contributed by atoms with Crippen molar-refractivity contribution in [2.24, 2.45) is 0 Å². The van der Waals surface area contributed by atoms with Crippen LogP contribution in [0.25, 0.3) is 43.8 Å². The fraction of sp³-hybridized carbons (Fsp3) is 0. The zero-order valence-corrected chi connectivity index (χ0v) is 16.5. The molecule has 0 aliphatic rings. The van der Waals surface area contributed by atoms with Gasteiger partial charge in [-0.2, -0.15) is 0 Å². The largest absolute Gasteiger partial charge is 0.207 e. The zero-order chi connectivity index (χ0) is 23.4. The van der Waals surface area contributed by atoms with E-state index in [2.05, 4.69) is 0 Å². The minimum atomic E-state index is -1.24. The molecule has 0 N–H and O–H groups in total. The van der Waals surface area contributed by atoms with Crippen LogP contribution in [0.2, 0.25) is 0 Å². The molecule has 0 spiro atoms. The van der Waals surface area contributed by atoms with Gasteiger partial charge in [-0.05, 0) is 81.2 Å². The van der Waals surface area contributed by atoms with Gasteiger partial charge in [0.25, 0.3) is 0 Å². The molecule has 7 heteroatoms. The monoisotopic (exact) mass is 456 g/mol. The molecule has 0 saturated heterocycles. The van der Waals surface area contributed by atoms with Crippen molar-refractivity contribution in [2.45, 2.75) is 0 Å². The van der Waals surface area contributed by atoms with Crippen LogP contribution in [0.3, 0.4) is 0 Å². The van der Waals surface area contributed by atoms with Gasteiger partial charge in [-0.15, -0.1) is 0 Å². The number of rotatable bonds is 2. The summed E-state index contributed by atoms with van der Waals surface area (Å²) in [4.78, 5) is 0. The van der Waals surface area contributed by atoms with Crippen molar-refractivity contribution in [3.63, 3.8) is 0 Å². The predicted molar refractivity (Wildman–Crippen MR) is 112 cm³/mol. The van der Waals surface area contributed by atoms with Crippen LogP contribution in [0.1, 0.15) is 0 Å². The van der Waals surface area contributed by atoms with Gasteiger partial charge < -0.3 is 0 Å². The molecular formula is C26H11F7. The van der Waals surface area contributed by atoms with E-state index in [9.17, 15) is 30.7 Å². The number of hydrogen-bond acceptors (Lipinski definition) is 0. The van der Waals surface area contributed by atoms with Crippen molar-refractivity contribution < 1.29 is 30.7 Å². The maximum atomic E-state index is 14.8. The Labute approximate surface area is 182 Å². The fourth-order valence-electron chi connectivity index (χ4n) is 4.14. The van der Waals surface area contributed by atoms with Gasteiger partial charge in [0.15, 0.2) is 23.3 Å². The smallest absolute Gasteiger partial charge is 0.159 e. The molecule has 0 heterocycles. The van der Waals surface area contributed by atoms with E-state index in [0.717, 1.165) is 48.5 Å². The summed E-state index contributed by atoms with van der Waals surface area (Å²) < 4.78 is 98.9. The second-order valence-corrected chi connectivity index (χ2v) is 7.50. The topological polar surface area (TPSA) is 0 Å². The molecule has 0 nitrogen and oxygen atoms in total. The molecule has 164 valence electrons. The minimum absolute atomic E-state index is 0.0109. The molecule has 0 amide bonds. The summed E-state index contributed by atoms with van der Waals surface area (Å²) >= 11 is 0. The Hall–Kier alpha value is -3.87. The Kier molecular flexibility index (Phi) is 4.85. The molecule has 0 aromatic heterocycles. The summed E-state index contributed by atoms with van der Waals surface area (Å²) in [6.07, 6.45) is 0. The van der Waals surface area contributed by atoms with E-state index in [1.54, 1.807) is 0 Å². The van der Waals surface area contributed by atoms with Gasteiger partial charge in [0.2, 0.25) is 0 Å². The summed E-state index contributed by atoms with van der Waals surface area (Å²) in [6, 6.07) is 10.9. The Balaban J connectivity index is 2.05. The van der Waals surface area contributed by atoms with E-state index >= 15 is 0 Å². The molecule has 0 atom stereocenters. The van der Waals surface area contributed by atoms with Crippen molar-refractivity contribution in [2.75, 3.05) is 0 Å². The maximum Gasteiger partial charge on any atom is 0.159 e. The van der Waals surface area contributed by atoms with Gasteiger partial charge in [-0.1, -0.05) is 12.1 Å². The van der Waals surface area contributed by atoms with E-state index < -0.39 is 40.7 Å². The molecule has 5 rings (SSSR count). The van der Waals surface area contributed by atoms with Crippen LogP contribution in [-0.2, 0) is 0 Å². The Morgan fingerprint density at radius 1 is 0.364 bits per heavy atom. The normalized spacial score (nSPS) is 11.5. The Morgan fingerprint density at radius 3 is 1.61 bits per heavy atom. The fourth-order valence-corrected chi connectivity index (χ4v) is 4.14. The van der Waals surface area contributed by atoms with Crippen LogP contribution in [0.15, 0.2) is 66.7 Å². The number of halogens is 7. The van der Waals surface area contributed by atoms with E-state index in [0.29, 0.717) is 6.07 Å². The van der Waals surface area contributed by atoms with E-state index in [1.807, 2.05) is 0 Å². The summed E-state index contributed by atoms with van der Waals surface area (Å²) in [5, 5.41) is 0.383. The van der Waals surface area contributed by atoms with Crippen molar-refractivity contribution in [3.05, 3.63) is 107 Å². The van der Waals surface area contributed by atoms with Crippen molar-refractivity contribution in [3.8, 4) is 22.3 Å². The Morgan fingerprint density at radius 2 is 0.939 bits per heavy atom. The second kappa shape index (κ2) is 7.62. The van der Waals surface area contributed by atoms with Crippen LogP contribution in [0, 0.1) is 40.7 Å². The molecule has 0 saturated carbocycles. The maximum absolute atomic E-state index is 14.8. The first-order chi connectivity index (χ1) is 15.7. The molecule has 0 aliphatic heterocycles. The van der Waals surface area contributed by atoms with Gasteiger partial charge in [0.1, 0.15) is 17.5 Å². The first-order valence-electron chi connectivity index (χ1n) is 9.69. The lowest BCUT2D eigenvalue weighted by Crippen LogP contribution is -1.96. The standard InChI is InChI=1S/C26H11F7/c27-13-2-4-15-17(8-13)25(12-1-6-20(29)22(31)7-12)18-10-23(32)24(33)11-19(18)26(15)16-5-3-14(28)9-21(16)30/h1-11H. The zero-order valence-electron chi connectivity index (χ0n) is 16.5. The van der Waals surface area contributed by atoms with Gasteiger partial charge in [0, 0.05) is 17.2 Å². The molecule has 0 unspecified atom stereocenters. The number of fused-ring (bicyclic) bond motifs is 2. The third-order valence-corrected chi connectivity index (χ3v) is 5.53. The lowest BCUT2D eigenvalue weighted by atomic mass is 9.85. The van der Waals surface area contributed by atoms with E-state index in [4.69, 9.17) is 0 Å². The van der Waals surface area contributed by atoms with Crippen LogP contribution in [0.4, 0.5) is 30.7 Å². The molecule has 5 aromatic carbocycles. The van der Waals surface area contributed by atoms with Crippen LogP contribution < -0.4 is 0 Å². The highest BCUT2D eigenvalue weighted by molar-refractivity contribution is 6.21. The van der Waals surface area contributed by atoms with Gasteiger partial charge in [0.05, 0.1) is 0 Å². The molecule has 0 aliphatic carbocycles. The van der Waals surface area contributed by atoms with E-state index in [-0.39, 0.29) is 43.8 Å². The SMILES string of the molecule is Fc1ccc(-c2c3ccc(F)cc3c(-c3ccc(F)c(F)c3)c3cc(F)c(F)cc23)c(F)c1. The summed E-state index contributed by atoms with van der Waals surface area (Å²) in [5.74, 6) is -7.30. The summed E-state index contributed by atoms with van der Waals surface area (Å²) in [5.41, 5.74) is 0.124. The number of benzene rings is 5. The number of hydrogen-bond donors (Lipinski definition) is 0. The summed E-state index contributed by atoms with van der Waals surface area (Å²) in [7, 11) is 0. The van der Waals surface area contributed by atoms with Gasteiger partial charge in [-0.3, -0.25) is 0 Å². The highest BCUT2D eigenvalue weighted by atomic mass is 19.2. The molecule has 0 bridgehead atoms. The first-order valence-corrected chi connectivity index (χ1v) is 9.69. The van der Waals surface area contributed by atoms with Gasteiger partial charge in [-0.25, -0.2) is 30.7 Å². The van der Waals surface area contributed by atoms with Gasteiger partial charge >= 0.3 is 0 Å². The van der Waals surface area contributed by atoms with Crippen molar-refractivity contribution in [1.29, 1.82) is 0 Å². The molecule has 0 fully saturated rings. The molecule has 33 heavy (non-hydrogen) atoms. The first kappa shape index (κ1) is 21.0. The second-order valence-electron chi connectivity index (χ2n) is 7.50. The summed E-state index contributed by atoms with van der Waals surface area (Å²) in [6.45, 7) is 0. The molecule has 5 aromatic rings. The minimum Gasteiger partial charge on any atom is -0.207 e. The van der Waals surface area contributed by atoms with Crippen LogP contribution in [-0.4, -0.2) is 0 Å². The van der Waals surface area contributed by atoms with Crippen molar-refractivity contribution in [1.82, 2.24) is 0 Å². The molecule has 0 radical (unpaired) electrons. The highest BCUT2D eigenvalue weighted by Crippen LogP contribution is 2.45. The Bertz CT molecular complexity index is 1590. The van der Waals surface area contributed by atoms with E-state index in [1.165, 1.54) is 12.1 Å². The average molecular weight is 456 g/mol. The van der Waals surface area contributed by atoms with Crippen LogP contribution in [0.5, 0.6) is 0 Å². The lowest BCUT2D eigenvalue weighted by Gasteiger charge is -2.18. The van der Waals surface area contributed by atoms with Crippen molar-refractivity contribution >= 4 is 21.5 Å². The third-order valence-electron chi connectivity index (χ3n) is 5.53. The molecular weight excluding hydrogens is 445 g/mol.